The second-order valence-corrected chi connectivity index (χ2v) is 10.0. The van der Waals surface area contributed by atoms with Crippen molar-refractivity contribution in [1.82, 2.24) is 0 Å². The van der Waals surface area contributed by atoms with Crippen molar-refractivity contribution >= 4 is 11.9 Å². The summed E-state index contributed by atoms with van der Waals surface area (Å²) in [4.78, 5) is 24.9. The minimum atomic E-state index is -0.809. The van der Waals surface area contributed by atoms with Crippen LogP contribution in [0.3, 0.4) is 0 Å². The van der Waals surface area contributed by atoms with Gasteiger partial charge in [-0.25, -0.2) is 14.0 Å². The van der Waals surface area contributed by atoms with Crippen molar-refractivity contribution < 1.29 is 28.2 Å². The maximum absolute atomic E-state index is 14.6. The summed E-state index contributed by atoms with van der Waals surface area (Å²) < 4.78 is 30.6. The molecule has 2 aromatic carbocycles. The highest BCUT2D eigenvalue weighted by Crippen LogP contribution is 2.61. The fourth-order valence-electron chi connectivity index (χ4n) is 6.78. The van der Waals surface area contributed by atoms with Gasteiger partial charge < -0.3 is 14.2 Å². The van der Waals surface area contributed by atoms with Gasteiger partial charge in [0.25, 0.3) is 0 Å². The number of halogens is 1. The van der Waals surface area contributed by atoms with Gasteiger partial charge in [-0.05, 0) is 98.1 Å². The number of rotatable bonds is 7. The molecule has 4 aliphatic carbocycles. The van der Waals surface area contributed by atoms with Gasteiger partial charge in [0.05, 0.1) is 18.2 Å². The largest absolute Gasteiger partial charge is 0.496 e. The van der Waals surface area contributed by atoms with Gasteiger partial charge in [-0.2, -0.15) is 0 Å². The molecule has 6 heteroatoms. The van der Waals surface area contributed by atoms with Crippen LogP contribution in [-0.2, 0) is 10.2 Å². The molecule has 2 aromatic rings. The smallest absolute Gasteiger partial charge is 0.343 e. The third kappa shape index (κ3) is 4.10. The topological polar surface area (TPSA) is 61.8 Å². The van der Waals surface area contributed by atoms with Gasteiger partial charge >= 0.3 is 11.9 Å². The minimum Gasteiger partial charge on any atom is -0.496 e. The highest BCUT2D eigenvalue weighted by atomic mass is 19.1. The molecule has 4 saturated carbocycles. The molecule has 0 radical (unpaired) electrons. The van der Waals surface area contributed by atoms with Crippen LogP contribution in [0.4, 0.5) is 4.39 Å². The lowest BCUT2D eigenvalue weighted by Crippen LogP contribution is -2.48. The molecule has 0 aromatic heterocycles. The molecule has 5 nitrogen and oxygen atoms in total. The van der Waals surface area contributed by atoms with E-state index in [1.54, 1.807) is 13.2 Å². The van der Waals surface area contributed by atoms with E-state index in [4.69, 9.17) is 14.2 Å². The van der Waals surface area contributed by atoms with Gasteiger partial charge in [-0.1, -0.05) is 12.7 Å². The van der Waals surface area contributed by atoms with Crippen LogP contribution >= 0.6 is 0 Å². The van der Waals surface area contributed by atoms with Crippen molar-refractivity contribution in [2.75, 3.05) is 13.7 Å². The second kappa shape index (κ2) is 8.90. The van der Waals surface area contributed by atoms with E-state index in [2.05, 4.69) is 6.58 Å². The number of benzene rings is 2. The second-order valence-electron chi connectivity index (χ2n) is 10.0. The molecule has 34 heavy (non-hydrogen) atoms. The van der Waals surface area contributed by atoms with E-state index in [1.807, 2.05) is 12.1 Å². The molecule has 0 N–H and O–H groups in total. The lowest BCUT2D eigenvalue weighted by molar-refractivity contribution is -0.00618. The van der Waals surface area contributed by atoms with Crippen molar-refractivity contribution in [3.63, 3.8) is 0 Å². The SMILES string of the molecule is C=CCOC(=O)c1ccc(OC(=O)c2ccc(OC)c(C34CC5CC(CC(C5)C3)C4)c2)c(F)c1. The molecule has 0 atom stereocenters. The number of ether oxygens (including phenoxy) is 3. The normalized spacial score (nSPS) is 26.7. The van der Waals surface area contributed by atoms with Crippen LogP contribution in [0.2, 0.25) is 0 Å². The van der Waals surface area contributed by atoms with Gasteiger partial charge in [0.2, 0.25) is 0 Å². The van der Waals surface area contributed by atoms with Crippen LogP contribution in [0.25, 0.3) is 0 Å². The summed E-state index contributed by atoms with van der Waals surface area (Å²) in [6.45, 7) is 3.50. The molecule has 6 rings (SSSR count). The van der Waals surface area contributed by atoms with E-state index in [-0.39, 0.29) is 23.3 Å². The monoisotopic (exact) mass is 464 g/mol. The van der Waals surface area contributed by atoms with Crippen LogP contribution in [-0.4, -0.2) is 25.7 Å². The Balaban J connectivity index is 1.38. The molecule has 4 fully saturated rings. The van der Waals surface area contributed by atoms with Crippen LogP contribution < -0.4 is 9.47 Å². The maximum atomic E-state index is 14.6. The first-order valence-electron chi connectivity index (χ1n) is 11.9. The minimum absolute atomic E-state index is 0.0285. The Kier molecular flexibility index (Phi) is 5.92. The van der Waals surface area contributed by atoms with Crippen molar-refractivity contribution in [3.05, 3.63) is 71.6 Å². The Bertz CT molecular complexity index is 1100. The molecule has 4 bridgehead atoms. The lowest BCUT2D eigenvalue weighted by Gasteiger charge is -2.57. The Morgan fingerprint density at radius 2 is 1.56 bits per heavy atom. The summed E-state index contributed by atoms with van der Waals surface area (Å²) in [6.07, 6.45) is 8.78. The summed E-state index contributed by atoms with van der Waals surface area (Å²) in [5, 5.41) is 0. The van der Waals surface area contributed by atoms with Crippen LogP contribution in [0.15, 0.2) is 49.1 Å². The Hall–Kier alpha value is -3.15. The van der Waals surface area contributed by atoms with E-state index in [9.17, 15) is 14.0 Å². The van der Waals surface area contributed by atoms with Crippen molar-refractivity contribution in [2.45, 2.75) is 43.9 Å². The van der Waals surface area contributed by atoms with E-state index in [0.29, 0.717) is 5.56 Å². The summed E-state index contributed by atoms with van der Waals surface area (Å²) in [6, 6.07) is 8.99. The first-order valence-corrected chi connectivity index (χ1v) is 11.9. The van der Waals surface area contributed by atoms with Gasteiger partial charge in [0.15, 0.2) is 11.6 Å². The van der Waals surface area contributed by atoms with Gasteiger partial charge in [0.1, 0.15) is 12.4 Å². The first-order chi connectivity index (χ1) is 16.4. The molecule has 4 aliphatic rings. The Labute approximate surface area is 198 Å². The zero-order chi connectivity index (χ0) is 23.9. The van der Waals surface area contributed by atoms with E-state index in [0.717, 1.165) is 54.4 Å². The number of hydrogen-bond acceptors (Lipinski definition) is 5. The summed E-state index contributed by atoms with van der Waals surface area (Å²) in [5.74, 6) is 0.675. The zero-order valence-electron chi connectivity index (χ0n) is 19.3. The Morgan fingerprint density at radius 1 is 0.971 bits per heavy atom. The number of esters is 2. The molecular formula is C28H29FO5. The van der Waals surface area contributed by atoms with Crippen molar-refractivity contribution in [1.29, 1.82) is 0 Å². The molecule has 0 spiro atoms. The fraction of sp³-hybridized carbons (Fsp3) is 0.429. The molecule has 0 aliphatic heterocycles. The summed E-state index contributed by atoms with van der Waals surface area (Å²) in [5.41, 5.74) is 1.51. The van der Waals surface area contributed by atoms with Crippen LogP contribution in [0, 0.1) is 23.6 Å². The number of hydrogen-bond donors (Lipinski definition) is 0. The molecular weight excluding hydrogens is 435 g/mol. The first kappa shape index (κ1) is 22.6. The number of methoxy groups -OCH3 is 1. The standard InChI is InChI=1S/C28H29FO5/c1-3-8-33-26(30)21-5-7-25(23(29)13-21)34-27(31)20-4-6-24(32-2)22(12-20)28-14-17-9-18(15-28)11-19(10-17)16-28/h3-7,12-13,17-19H,1,8-11,14-16H2,2H3. The summed E-state index contributed by atoms with van der Waals surface area (Å²) >= 11 is 0. The third-order valence-electron chi connectivity index (χ3n) is 7.75. The van der Waals surface area contributed by atoms with Crippen molar-refractivity contribution in [3.8, 4) is 11.5 Å². The van der Waals surface area contributed by atoms with Gasteiger partial charge in [-0.15, -0.1) is 0 Å². The molecule has 0 heterocycles. The van der Waals surface area contributed by atoms with Crippen molar-refractivity contribution in [2.24, 2.45) is 17.8 Å². The molecule has 178 valence electrons. The zero-order valence-corrected chi connectivity index (χ0v) is 19.3. The Morgan fingerprint density at radius 3 is 2.12 bits per heavy atom. The fourth-order valence-corrected chi connectivity index (χ4v) is 6.78. The predicted molar refractivity (Wildman–Crippen MR) is 125 cm³/mol. The lowest BCUT2D eigenvalue weighted by atomic mass is 9.48. The van der Waals surface area contributed by atoms with Crippen LogP contribution in [0.5, 0.6) is 11.5 Å². The highest BCUT2D eigenvalue weighted by molar-refractivity contribution is 5.92. The average Bonchev–Trinajstić information content (AvgIpc) is 2.82. The quantitative estimate of drug-likeness (QED) is 0.292. The van der Waals surface area contributed by atoms with E-state index >= 15 is 0 Å². The molecule has 0 saturated heterocycles. The predicted octanol–water partition coefficient (Wildman–Crippen LogP) is 5.86. The summed E-state index contributed by atoms with van der Waals surface area (Å²) in [7, 11) is 1.66. The highest BCUT2D eigenvalue weighted by Gasteiger charge is 2.52. The number of carbonyl (C=O) groups excluding carboxylic acids is 2. The maximum Gasteiger partial charge on any atom is 0.343 e. The number of carbonyl (C=O) groups is 2. The third-order valence-corrected chi connectivity index (χ3v) is 7.75. The van der Waals surface area contributed by atoms with E-state index in [1.165, 1.54) is 37.5 Å². The van der Waals surface area contributed by atoms with Gasteiger partial charge in [-0.3, -0.25) is 0 Å². The molecule has 0 unspecified atom stereocenters. The molecule has 0 amide bonds. The van der Waals surface area contributed by atoms with Crippen LogP contribution in [0.1, 0.15) is 64.8 Å². The van der Waals surface area contributed by atoms with E-state index < -0.39 is 17.8 Å². The van der Waals surface area contributed by atoms with Gasteiger partial charge in [0, 0.05) is 5.56 Å². The average molecular weight is 465 g/mol.